The molecule has 0 radical (unpaired) electrons. The molecule has 2 fully saturated rings. The van der Waals surface area contributed by atoms with E-state index in [1.165, 1.54) is 29.5 Å². The van der Waals surface area contributed by atoms with Gasteiger partial charge >= 0.3 is 0 Å². The third kappa shape index (κ3) is 6.07. The number of likely N-dealkylation sites (N-methyl/N-ethyl adjacent to an activating group) is 1. The van der Waals surface area contributed by atoms with E-state index in [1.54, 1.807) is 6.07 Å². The zero-order valence-corrected chi connectivity index (χ0v) is 23.1. The lowest BCUT2D eigenvalue weighted by Gasteiger charge is -2.37. The smallest absolute Gasteiger partial charge is 0.240 e. The molecule has 3 aromatic rings. The summed E-state index contributed by atoms with van der Waals surface area (Å²) in [5.74, 6) is -1.66. The van der Waals surface area contributed by atoms with Crippen molar-refractivity contribution in [1.82, 2.24) is 19.5 Å². The maximum absolute atomic E-state index is 13.9. The Morgan fingerprint density at radius 2 is 1.77 bits per heavy atom. The summed E-state index contributed by atoms with van der Waals surface area (Å²) in [7, 11) is -2.00. The van der Waals surface area contributed by atoms with Gasteiger partial charge in [0.1, 0.15) is 11.6 Å². The molecule has 2 aromatic carbocycles. The molecule has 2 aliphatic heterocycles. The van der Waals surface area contributed by atoms with Gasteiger partial charge in [0, 0.05) is 51.7 Å². The molecule has 0 saturated carbocycles. The van der Waals surface area contributed by atoms with Crippen molar-refractivity contribution in [1.29, 1.82) is 0 Å². The molecule has 1 unspecified atom stereocenters. The largest absolute Gasteiger partial charge is 0.387 e. The van der Waals surface area contributed by atoms with Gasteiger partial charge in [-0.15, -0.1) is 0 Å². The number of piperidine rings is 1. The van der Waals surface area contributed by atoms with Crippen LogP contribution in [-0.4, -0.2) is 87.1 Å². The van der Waals surface area contributed by atoms with Gasteiger partial charge in [0.25, 0.3) is 0 Å². The second-order valence-corrected chi connectivity index (χ2v) is 12.8. The number of nitrogens with zero attached hydrogens (tertiary/aromatic N) is 4. The zero-order chi connectivity index (χ0) is 27.7. The van der Waals surface area contributed by atoms with Crippen LogP contribution in [0.25, 0.3) is 10.2 Å². The minimum absolute atomic E-state index is 0.00930. The molecule has 210 valence electrons. The molecule has 5 rings (SSSR count). The van der Waals surface area contributed by atoms with Crippen LogP contribution >= 0.6 is 11.3 Å². The van der Waals surface area contributed by atoms with Gasteiger partial charge in [-0.1, -0.05) is 17.4 Å². The summed E-state index contributed by atoms with van der Waals surface area (Å²) in [4.78, 5) is 23.9. The molecule has 0 spiro atoms. The lowest BCUT2D eigenvalue weighted by molar-refractivity contribution is -0.137. The minimum Gasteiger partial charge on any atom is -0.387 e. The maximum Gasteiger partial charge on any atom is 0.240 e. The number of carbonyl (C=O) groups excluding carboxylic acids is 1. The molecule has 13 heteroatoms. The summed E-state index contributed by atoms with van der Waals surface area (Å²) in [6.45, 7) is 4.14. The standard InChI is InChI=1S/C26H31F2N5O4S2/c1-31-11-13-32(14-12-31)25(35)17-7-9-33(10-8-17)26-30-21-6-5-18(15-23(21)38-26)39(36,37)29-16-22(34)24-19(27)3-2-4-20(24)28/h2-6,15,17,22,29,34H,7-14,16H2,1H3. The van der Waals surface area contributed by atoms with Gasteiger partial charge in [0.15, 0.2) is 5.13 Å². The molecule has 39 heavy (non-hydrogen) atoms. The molecule has 0 aliphatic carbocycles. The number of hydrogen-bond acceptors (Lipinski definition) is 8. The van der Waals surface area contributed by atoms with Crippen molar-refractivity contribution in [2.24, 2.45) is 5.92 Å². The van der Waals surface area contributed by atoms with Crippen LogP contribution in [0, 0.1) is 17.6 Å². The van der Waals surface area contributed by atoms with Gasteiger partial charge in [0.2, 0.25) is 15.9 Å². The number of benzene rings is 2. The first-order valence-corrected chi connectivity index (χ1v) is 15.2. The van der Waals surface area contributed by atoms with Gasteiger partial charge < -0.3 is 19.8 Å². The van der Waals surface area contributed by atoms with Crippen LogP contribution in [0.4, 0.5) is 13.9 Å². The third-order valence-corrected chi connectivity index (χ3v) is 9.89. The fourth-order valence-electron chi connectivity index (χ4n) is 5.00. The van der Waals surface area contributed by atoms with E-state index in [0.29, 0.717) is 23.3 Å². The number of hydrogen-bond donors (Lipinski definition) is 2. The van der Waals surface area contributed by atoms with Crippen LogP contribution in [0.5, 0.6) is 0 Å². The normalized spacial score (nSPS) is 18.6. The molecular formula is C26H31F2N5O4S2. The Labute approximate surface area is 230 Å². The molecule has 1 aromatic heterocycles. The van der Waals surface area contributed by atoms with Crippen LogP contribution in [0.3, 0.4) is 0 Å². The van der Waals surface area contributed by atoms with Crippen LogP contribution < -0.4 is 9.62 Å². The van der Waals surface area contributed by atoms with E-state index in [1.807, 2.05) is 4.90 Å². The lowest BCUT2D eigenvalue weighted by atomic mass is 9.95. The van der Waals surface area contributed by atoms with Crippen LogP contribution in [0.2, 0.25) is 0 Å². The number of nitrogens with one attached hydrogen (secondary N) is 1. The van der Waals surface area contributed by atoms with Crippen LogP contribution in [0.15, 0.2) is 41.3 Å². The number of amides is 1. The van der Waals surface area contributed by atoms with Gasteiger partial charge in [-0.2, -0.15) is 0 Å². The molecule has 2 aliphatic rings. The number of aliphatic hydroxyl groups excluding tert-OH is 1. The van der Waals surface area contributed by atoms with E-state index >= 15 is 0 Å². The van der Waals surface area contributed by atoms with Crippen LogP contribution in [0.1, 0.15) is 24.5 Å². The monoisotopic (exact) mass is 579 g/mol. The Morgan fingerprint density at radius 3 is 2.44 bits per heavy atom. The SMILES string of the molecule is CN1CCN(C(=O)C2CCN(c3nc4ccc(S(=O)(=O)NCC(O)c5c(F)cccc5F)cc4s3)CC2)CC1. The van der Waals surface area contributed by atoms with Crippen molar-refractivity contribution in [3.05, 3.63) is 53.6 Å². The first-order valence-electron chi connectivity index (χ1n) is 12.9. The first kappa shape index (κ1) is 27.8. The second-order valence-electron chi connectivity index (χ2n) is 10.0. The van der Waals surface area contributed by atoms with Crippen molar-refractivity contribution in [2.45, 2.75) is 23.8 Å². The van der Waals surface area contributed by atoms with Crippen molar-refractivity contribution in [2.75, 3.05) is 57.8 Å². The molecule has 3 heterocycles. The Bertz CT molecular complexity index is 1430. The zero-order valence-electron chi connectivity index (χ0n) is 21.5. The topological polar surface area (TPSA) is 106 Å². The van der Waals surface area contributed by atoms with Crippen molar-refractivity contribution >= 4 is 42.6 Å². The summed E-state index contributed by atoms with van der Waals surface area (Å²) >= 11 is 1.37. The Hall–Kier alpha value is -2.71. The van der Waals surface area contributed by atoms with E-state index in [9.17, 15) is 27.1 Å². The molecule has 1 amide bonds. The molecular weight excluding hydrogens is 548 g/mol. The van der Waals surface area contributed by atoms with E-state index in [-0.39, 0.29) is 16.7 Å². The summed E-state index contributed by atoms with van der Waals surface area (Å²) in [5, 5.41) is 11.0. The highest BCUT2D eigenvalue weighted by atomic mass is 32.2. The number of anilines is 1. The summed E-state index contributed by atoms with van der Waals surface area (Å²) < 4.78 is 56.5. The molecule has 0 bridgehead atoms. The van der Waals surface area contributed by atoms with Crippen molar-refractivity contribution in [3.63, 3.8) is 0 Å². The number of rotatable bonds is 7. The number of halogens is 2. The Kier molecular flexibility index (Phi) is 8.15. The van der Waals surface area contributed by atoms with E-state index in [4.69, 9.17) is 0 Å². The van der Waals surface area contributed by atoms with Gasteiger partial charge in [0.05, 0.1) is 26.8 Å². The van der Waals surface area contributed by atoms with Gasteiger partial charge in [-0.05, 0) is 50.2 Å². The molecule has 1 atom stereocenters. The average molecular weight is 580 g/mol. The minimum atomic E-state index is -4.06. The first-order chi connectivity index (χ1) is 18.6. The van der Waals surface area contributed by atoms with E-state index < -0.39 is 39.9 Å². The maximum atomic E-state index is 13.9. The molecule has 9 nitrogen and oxygen atoms in total. The fraction of sp³-hybridized carbons (Fsp3) is 0.462. The molecule has 2 saturated heterocycles. The fourth-order valence-corrected chi connectivity index (χ4v) is 7.20. The highest BCUT2D eigenvalue weighted by molar-refractivity contribution is 7.89. The predicted octanol–water partition coefficient (Wildman–Crippen LogP) is 2.58. The van der Waals surface area contributed by atoms with Gasteiger partial charge in [-0.25, -0.2) is 26.9 Å². The van der Waals surface area contributed by atoms with E-state index in [0.717, 1.165) is 56.3 Å². The quantitative estimate of drug-likeness (QED) is 0.443. The number of piperazine rings is 1. The van der Waals surface area contributed by atoms with Gasteiger partial charge in [-0.3, -0.25) is 4.79 Å². The highest BCUT2D eigenvalue weighted by Gasteiger charge is 2.31. The average Bonchev–Trinajstić information content (AvgIpc) is 3.36. The number of thiazole rings is 1. The number of fused-ring (bicyclic) bond motifs is 1. The summed E-state index contributed by atoms with van der Waals surface area (Å²) in [6, 6.07) is 7.68. The van der Waals surface area contributed by atoms with Crippen molar-refractivity contribution < 1.29 is 27.1 Å². The highest BCUT2D eigenvalue weighted by Crippen LogP contribution is 2.33. The predicted molar refractivity (Wildman–Crippen MR) is 145 cm³/mol. The number of aliphatic hydroxyl groups is 1. The number of sulfonamides is 1. The summed E-state index contributed by atoms with van der Waals surface area (Å²) in [6.07, 6.45) is -0.198. The second kappa shape index (κ2) is 11.4. The number of aromatic nitrogens is 1. The van der Waals surface area contributed by atoms with Crippen LogP contribution in [-0.2, 0) is 14.8 Å². The third-order valence-electron chi connectivity index (χ3n) is 7.39. The van der Waals surface area contributed by atoms with E-state index in [2.05, 4.69) is 26.6 Å². The summed E-state index contributed by atoms with van der Waals surface area (Å²) in [5.41, 5.74) is 0.0646. The number of carbonyl (C=O) groups is 1. The van der Waals surface area contributed by atoms with Crippen molar-refractivity contribution in [3.8, 4) is 0 Å². The Morgan fingerprint density at radius 1 is 1.10 bits per heavy atom. The molecule has 2 N–H and O–H groups in total. The lowest BCUT2D eigenvalue weighted by Crippen LogP contribution is -2.50. The Balaban J connectivity index is 1.22.